The van der Waals surface area contributed by atoms with E-state index in [9.17, 15) is 20.1 Å². The lowest BCUT2D eigenvalue weighted by molar-refractivity contribution is -0.153. The van der Waals surface area contributed by atoms with Gasteiger partial charge in [-0.3, -0.25) is 14.7 Å². The molecular weight excluding hydrogens is 464 g/mol. The number of carboxylic acids is 1. The number of aliphatic carboxylic acids is 1. The van der Waals surface area contributed by atoms with Gasteiger partial charge in [0.2, 0.25) is 0 Å². The molecule has 0 spiro atoms. The average Bonchev–Trinajstić information content (AvgIpc) is 3.40. The summed E-state index contributed by atoms with van der Waals surface area (Å²) in [5.41, 5.74) is 0.903. The third-order valence-electron chi connectivity index (χ3n) is 6.90. The number of nitrogens with zero attached hydrogens (tertiary/aromatic N) is 2. The van der Waals surface area contributed by atoms with Crippen molar-refractivity contribution in [3.63, 3.8) is 0 Å². The molecule has 35 heavy (non-hydrogen) atoms. The quantitative estimate of drug-likeness (QED) is 0.409. The fraction of sp³-hybridized carbons (Fsp3) is 0.407. The van der Waals surface area contributed by atoms with Crippen LogP contribution in [0.5, 0.6) is 5.75 Å². The average molecular weight is 495 g/mol. The number of aromatic nitrogens is 1. The molecule has 8 heteroatoms. The number of methoxy groups -OCH3 is 1. The minimum absolute atomic E-state index is 0.266. The standard InChI is InChI=1S/C27H30N2O5S/c1-34-20-6-7-23-22(16-20)25(19(18-30)17-28-23)24(31)8-9-27(26(32)33)10-13-29(14-11-27)12-2-4-21-5-3-15-35-21/h3,5-7,15-17,24,30-31H,8-14,18H2,1H3,(H,32,33)/t24-/m1/s1. The molecule has 3 aromatic rings. The predicted octanol–water partition coefficient (Wildman–Crippen LogP) is 3.83. The molecule has 0 unspecified atom stereocenters. The molecule has 1 saturated heterocycles. The first-order valence-electron chi connectivity index (χ1n) is 11.7. The number of hydrogen-bond acceptors (Lipinski definition) is 7. The van der Waals surface area contributed by atoms with E-state index < -0.39 is 17.5 Å². The zero-order valence-corrected chi connectivity index (χ0v) is 20.6. The lowest BCUT2D eigenvalue weighted by Gasteiger charge is -2.38. The van der Waals surface area contributed by atoms with Gasteiger partial charge in [-0.05, 0) is 60.9 Å². The number of carbonyl (C=O) groups is 1. The Balaban J connectivity index is 1.46. The first-order valence-corrected chi connectivity index (χ1v) is 12.6. The van der Waals surface area contributed by atoms with Crippen molar-refractivity contribution >= 4 is 28.2 Å². The van der Waals surface area contributed by atoms with Crippen molar-refractivity contribution in [1.29, 1.82) is 0 Å². The van der Waals surface area contributed by atoms with Gasteiger partial charge in [0.25, 0.3) is 0 Å². The molecule has 0 radical (unpaired) electrons. The molecule has 0 aliphatic carbocycles. The molecular formula is C27H30N2O5S. The van der Waals surface area contributed by atoms with Gasteiger partial charge in [-0.15, -0.1) is 11.3 Å². The topological polar surface area (TPSA) is 103 Å². The van der Waals surface area contributed by atoms with Crippen molar-refractivity contribution in [1.82, 2.24) is 9.88 Å². The number of fused-ring (bicyclic) bond motifs is 1. The molecule has 0 amide bonds. The number of rotatable bonds is 8. The number of ether oxygens (including phenoxy) is 1. The van der Waals surface area contributed by atoms with Crippen LogP contribution in [0.1, 0.15) is 47.8 Å². The minimum Gasteiger partial charge on any atom is -0.497 e. The lowest BCUT2D eigenvalue weighted by Crippen LogP contribution is -2.44. The summed E-state index contributed by atoms with van der Waals surface area (Å²) in [5, 5.41) is 33.9. The number of piperidine rings is 1. The third kappa shape index (κ3) is 5.65. The fourth-order valence-electron chi connectivity index (χ4n) is 4.74. The number of thiophene rings is 1. The number of aliphatic hydroxyl groups excluding tert-OH is 2. The van der Waals surface area contributed by atoms with Crippen LogP contribution in [0.3, 0.4) is 0 Å². The molecule has 1 aromatic carbocycles. The van der Waals surface area contributed by atoms with Crippen LogP contribution in [-0.4, -0.2) is 57.9 Å². The molecule has 7 nitrogen and oxygen atoms in total. The molecule has 1 aliphatic heterocycles. The van der Waals surface area contributed by atoms with Gasteiger partial charge in [-0.25, -0.2) is 0 Å². The van der Waals surface area contributed by atoms with Gasteiger partial charge in [0.05, 0.1) is 42.2 Å². The molecule has 4 rings (SSSR count). The Labute approximate surface area is 209 Å². The van der Waals surface area contributed by atoms with E-state index in [1.54, 1.807) is 42.8 Å². The van der Waals surface area contributed by atoms with Crippen LogP contribution in [0.4, 0.5) is 0 Å². The van der Waals surface area contributed by atoms with Gasteiger partial charge in [-0.2, -0.15) is 0 Å². The molecule has 2 aromatic heterocycles. The fourth-order valence-corrected chi connectivity index (χ4v) is 5.33. The second-order valence-corrected chi connectivity index (χ2v) is 9.88. The number of pyridine rings is 1. The largest absolute Gasteiger partial charge is 0.497 e. The summed E-state index contributed by atoms with van der Waals surface area (Å²) >= 11 is 1.61. The maximum Gasteiger partial charge on any atom is 0.309 e. The van der Waals surface area contributed by atoms with Gasteiger partial charge in [0, 0.05) is 30.2 Å². The SMILES string of the molecule is COc1ccc2ncc(CO)c([C@H](O)CCC3(C(=O)O)CCN(CC#Cc4cccs4)CC3)c2c1. The number of carboxylic acid groups (broad SMARTS) is 1. The van der Waals surface area contributed by atoms with E-state index in [1.807, 2.05) is 17.5 Å². The highest BCUT2D eigenvalue weighted by atomic mass is 32.1. The second-order valence-electron chi connectivity index (χ2n) is 8.93. The summed E-state index contributed by atoms with van der Waals surface area (Å²) in [6, 6.07) is 9.35. The summed E-state index contributed by atoms with van der Waals surface area (Å²) < 4.78 is 5.33. The molecule has 3 N–H and O–H groups in total. The van der Waals surface area contributed by atoms with Gasteiger partial charge < -0.3 is 20.1 Å². The number of aliphatic hydroxyl groups is 2. The van der Waals surface area contributed by atoms with E-state index in [0.29, 0.717) is 66.7 Å². The normalized spacial score (nSPS) is 16.4. The first-order chi connectivity index (χ1) is 17.0. The number of likely N-dealkylation sites (tertiary alicyclic amines) is 1. The Bertz CT molecular complexity index is 1220. The zero-order chi connectivity index (χ0) is 24.8. The van der Waals surface area contributed by atoms with E-state index in [2.05, 4.69) is 21.7 Å². The summed E-state index contributed by atoms with van der Waals surface area (Å²) in [6.07, 6.45) is 2.27. The lowest BCUT2D eigenvalue weighted by atomic mass is 9.74. The predicted molar refractivity (Wildman–Crippen MR) is 135 cm³/mol. The highest BCUT2D eigenvalue weighted by molar-refractivity contribution is 7.10. The minimum atomic E-state index is -0.930. The monoisotopic (exact) mass is 494 g/mol. The van der Waals surface area contributed by atoms with Gasteiger partial charge in [0.1, 0.15) is 5.75 Å². The Morgan fingerprint density at radius 1 is 1.31 bits per heavy atom. The summed E-state index contributed by atoms with van der Waals surface area (Å²) in [4.78, 5) is 19.9. The number of hydrogen-bond donors (Lipinski definition) is 3. The van der Waals surface area contributed by atoms with Crippen molar-refractivity contribution in [2.75, 3.05) is 26.7 Å². The van der Waals surface area contributed by atoms with Crippen molar-refractivity contribution in [2.24, 2.45) is 5.41 Å². The van der Waals surface area contributed by atoms with Crippen molar-refractivity contribution in [3.05, 3.63) is 57.9 Å². The molecule has 1 aliphatic rings. The van der Waals surface area contributed by atoms with Crippen molar-refractivity contribution < 1.29 is 24.9 Å². The second kappa shape index (κ2) is 11.2. The Hall–Kier alpha value is -2.96. The van der Waals surface area contributed by atoms with E-state index >= 15 is 0 Å². The Morgan fingerprint density at radius 3 is 2.77 bits per heavy atom. The maximum atomic E-state index is 12.3. The third-order valence-corrected chi connectivity index (χ3v) is 7.69. The summed E-state index contributed by atoms with van der Waals surface area (Å²) in [6.45, 7) is 1.65. The summed E-state index contributed by atoms with van der Waals surface area (Å²) in [7, 11) is 1.57. The highest BCUT2D eigenvalue weighted by Gasteiger charge is 2.41. The maximum absolute atomic E-state index is 12.3. The van der Waals surface area contributed by atoms with Crippen LogP contribution in [0.2, 0.25) is 0 Å². The van der Waals surface area contributed by atoms with Crippen LogP contribution in [-0.2, 0) is 11.4 Å². The van der Waals surface area contributed by atoms with Crippen LogP contribution in [0.25, 0.3) is 10.9 Å². The highest BCUT2D eigenvalue weighted by Crippen LogP contribution is 2.40. The van der Waals surface area contributed by atoms with Crippen LogP contribution in [0, 0.1) is 17.3 Å². The van der Waals surface area contributed by atoms with Crippen LogP contribution < -0.4 is 4.74 Å². The van der Waals surface area contributed by atoms with Gasteiger partial charge in [0.15, 0.2) is 0 Å². The Morgan fingerprint density at radius 2 is 2.11 bits per heavy atom. The van der Waals surface area contributed by atoms with Crippen molar-refractivity contribution in [3.8, 4) is 17.6 Å². The molecule has 0 saturated carbocycles. The number of benzene rings is 1. The molecule has 0 bridgehead atoms. The molecule has 1 fully saturated rings. The van der Waals surface area contributed by atoms with Crippen LogP contribution >= 0.6 is 11.3 Å². The zero-order valence-electron chi connectivity index (χ0n) is 19.7. The van der Waals surface area contributed by atoms with Crippen LogP contribution in [0.15, 0.2) is 41.9 Å². The molecule has 3 heterocycles. The van der Waals surface area contributed by atoms with E-state index in [0.717, 1.165) is 4.88 Å². The first kappa shape index (κ1) is 25.1. The molecule has 184 valence electrons. The summed E-state index contributed by atoms with van der Waals surface area (Å²) in [5.74, 6) is 6.14. The van der Waals surface area contributed by atoms with Crippen molar-refractivity contribution in [2.45, 2.75) is 38.4 Å². The van der Waals surface area contributed by atoms with E-state index in [-0.39, 0.29) is 13.0 Å². The van der Waals surface area contributed by atoms with E-state index in [1.165, 1.54) is 0 Å². The van der Waals surface area contributed by atoms with E-state index in [4.69, 9.17) is 4.74 Å². The van der Waals surface area contributed by atoms with Gasteiger partial charge in [-0.1, -0.05) is 17.9 Å². The smallest absolute Gasteiger partial charge is 0.309 e. The Kier molecular flexibility index (Phi) is 8.04. The van der Waals surface area contributed by atoms with Gasteiger partial charge >= 0.3 is 5.97 Å². The molecule has 1 atom stereocenters.